The van der Waals surface area contributed by atoms with Crippen LogP contribution in [0.15, 0.2) is 24.4 Å². The first kappa shape index (κ1) is 30.0. The van der Waals surface area contributed by atoms with Gasteiger partial charge in [-0.3, -0.25) is 19.1 Å². The Morgan fingerprint density at radius 2 is 1.73 bits per heavy atom. The maximum absolute atomic E-state index is 15.2. The van der Waals surface area contributed by atoms with Crippen molar-refractivity contribution in [1.29, 1.82) is 5.26 Å². The smallest absolute Gasteiger partial charge is 0.346 e. The number of nitrogens with one attached hydrogen (secondary N) is 3. The average Bonchev–Trinajstić information content (AvgIpc) is 3.86. The van der Waals surface area contributed by atoms with Gasteiger partial charge in [-0.05, 0) is 88.0 Å². The van der Waals surface area contributed by atoms with Gasteiger partial charge in [-0.15, -0.1) is 0 Å². The van der Waals surface area contributed by atoms with E-state index >= 15 is 4.39 Å². The number of hydrogen-bond acceptors (Lipinski definition) is 5. The van der Waals surface area contributed by atoms with Crippen LogP contribution in [0.25, 0.3) is 0 Å². The summed E-state index contributed by atoms with van der Waals surface area (Å²) in [6.07, 6.45) is 0.530. The van der Waals surface area contributed by atoms with Gasteiger partial charge in [0, 0.05) is 12.2 Å². The van der Waals surface area contributed by atoms with Crippen LogP contribution in [-0.4, -0.2) is 46.3 Å². The summed E-state index contributed by atoms with van der Waals surface area (Å²) in [5, 5.41) is 20.9. The van der Waals surface area contributed by atoms with Crippen molar-refractivity contribution in [2.24, 2.45) is 17.8 Å². The molecule has 2 aliphatic rings. The molecule has 9 nitrogen and oxygen atoms in total. The maximum Gasteiger partial charge on any atom is 0.405 e. The van der Waals surface area contributed by atoms with Crippen LogP contribution in [0.5, 0.6) is 0 Å². The van der Waals surface area contributed by atoms with E-state index in [1.54, 1.807) is 11.4 Å². The van der Waals surface area contributed by atoms with Gasteiger partial charge >= 0.3 is 6.18 Å². The first-order valence-corrected chi connectivity index (χ1v) is 13.5. The van der Waals surface area contributed by atoms with E-state index in [9.17, 15) is 32.8 Å². The molecule has 0 spiro atoms. The minimum absolute atomic E-state index is 0.101. The largest absolute Gasteiger partial charge is 0.405 e. The normalized spacial score (nSPS) is 16.7. The van der Waals surface area contributed by atoms with Gasteiger partial charge in [0.25, 0.3) is 5.91 Å². The number of halogens is 4. The minimum Gasteiger partial charge on any atom is -0.346 e. The number of amides is 3. The Morgan fingerprint density at radius 1 is 1.10 bits per heavy atom. The van der Waals surface area contributed by atoms with E-state index in [1.165, 1.54) is 17.8 Å². The first-order chi connectivity index (χ1) is 19.3. The number of rotatable bonds is 11. The highest BCUT2D eigenvalue weighted by atomic mass is 19.4. The highest BCUT2D eigenvalue weighted by Gasteiger charge is 2.48. The third-order valence-corrected chi connectivity index (χ3v) is 7.52. The highest BCUT2D eigenvalue weighted by Crippen LogP contribution is 2.51. The molecule has 1 unspecified atom stereocenters. The summed E-state index contributed by atoms with van der Waals surface area (Å²) in [6.45, 7) is 3.42. The van der Waals surface area contributed by atoms with Gasteiger partial charge in [0.05, 0.1) is 23.2 Å². The number of nitriles is 1. The van der Waals surface area contributed by atoms with E-state index in [0.717, 1.165) is 37.8 Å². The molecule has 0 bridgehead atoms. The number of hydrogen-bond donors (Lipinski definition) is 3. The maximum atomic E-state index is 15.2. The second kappa shape index (κ2) is 11.9. The fourth-order valence-electron chi connectivity index (χ4n) is 5.18. The van der Waals surface area contributed by atoms with Crippen molar-refractivity contribution < 1.29 is 31.9 Å². The van der Waals surface area contributed by atoms with Gasteiger partial charge in [0.1, 0.15) is 24.1 Å². The quantitative estimate of drug-likeness (QED) is 0.341. The number of aromatic nitrogens is 2. The molecule has 1 aromatic heterocycles. The Balaban J connectivity index is 1.57. The van der Waals surface area contributed by atoms with Crippen LogP contribution in [0.3, 0.4) is 0 Å². The van der Waals surface area contributed by atoms with Crippen LogP contribution < -0.4 is 16.0 Å². The monoisotopic (exact) mass is 576 g/mol. The van der Waals surface area contributed by atoms with Crippen LogP contribution in [0, 0.1) is 34.9 Å². The molecule has 2 aromatic rings. The number of benzene rings is 1. The molecule has 41 heavy (non-hydrogen) atoms. The Bertz CT molecular complexity index is 1350. The van der Waals surface area contributed by atoms with E-state index < -0.39 is 48.2 Å². The van der Waals surface area contributed by atoms with Crippen molar-refractivity contribution in [2.75, 3.05) is 11.9 Å². The van der Waals surface area contributed by atoms with Crippen molar-refractivity contribution >= 4 is 23.4 Å². The molecular weight excluding hydrogens is 544 g/mol. The fraction of sp³-hybridized carbons (Fsp3) is 0.536. The van der Waals surface area contributed by atoms with Gasteiger partial charge in [-0.1, -0.05) is 0 Å². The van der Waals surface area contributed by atoms with Crippen LogP contribution in [0.2, 0.25) is 0 Å². The molecule has 2 saturated carbocycles. The average molecular weight is 577 g/mol. The van der Waals surface area contributed by atoms with Crippen molar-refractivity contribution in [3.05, 3.63) is 47.0 Å². The lowest BCUT2D eigenvalue weighted by Crippen LogP contribution is -2.50. The van der Waals surface area contributed by atoms with E-state index in [4.69, 9.17) is 0 Å². The summed E-state index contributed by atoms with van der Waals surface area (Å²) in [7, 11) is 0. The number of alkyl halides is 3. The van der Waals surface area contributed by atoms with E-state index in [-0.39, 0.29) is 46.3 Å². The lowest BCUT2D eigenvalue weighted by Gasteiger charge is -2.28. The van der Waals surface area contributed by atoms with Crippen molar-refractivity contribution in [1.82, 2.24) is 20.4 Å². The van der Waals surface area contributed by atoms with Crippen LogP contribution in [-0.2, 0) is 9.59 Å². The summed E-state index contributed by atoms with van der Waals surface area (Å²) in [5.74, 6) is -4.07. The zero-order valence-electron chi connectivity index (χ0n) is 22.9. The molecule has 2 aliphatic carbocycles. The zero-order chi connectivity index (χ0) is 30.1. The fourth-order valence-corrected chi connectivity index (χ4v) is 5.18. The van der Waals surface area contributed by atoms with Crippen LogP contribution in [0.1, 0.15) is 80.0 Å². The summed E-state index contributed by atoms with van der Waals surface area (Å²) in [6, 6.07) is 4.20. The third-order valence-electron chi connectivity index (χ3n) is 7.52. The SMILES string of the molecule is CC(C(=O)NCC(F)(F)F)c1cc(F)c(NC(=O)[C@@H](NC(=O)c2ccnn2C(C)C)C(C2CC2)C2CC2)cc1C#N. The molecule has 13 heteroatoms. The summed E-state index contributed by atoms with van der Waals surface area (Å²) in [5.41, 5.74) is -0.361. The summed E-state index contributed by atoms with van der Waals surface area (Å²) >= 11 is 0. The predicted octanol–water partition coefficient (Wildman–Crippen LogP) is 4.43. The Morgan fingerprint density at radius 3 is 2.27 bits per heavy atom. The Kier molecular flexibility index (Phi) is 8.70. The number of nitrogens with zero attached hydrogens (tertiary/aromatic N) is 3. The highest BCUT2D eigenvalue weighted by molar-refractivity contribution is 6.01. The summed E-state index contributed by atoms with van der Waals surface area (Å²) < 4.78 is 54.3. The second-order valence-electron chi connectivity index (χ2n) is 11.0. The Hall–Kier alpha value is -3.95. The molecule has 0 aliphatic heterocycles. The molecule has 4 rings (SSSR count). The molecule has 0 radical (unpaired) electrons. The van der Waals surface area contributed by atoms with Gasteiger partial charge in [0.15, 0.2) is 0 Å². The van der Waals surface area contributed by atoms with Crippen LogP contribution >= 0.6 is 0 Å². The topological polar surface area (TPSA) is 129 Å². The summed E-state index contributed by atoms with van der Waals surface area (Å²) in [4.78, 5) is 39.2. The molecule has 220 valence electrons. The van der Waals surface area contributed by atoms with Crippen molar-refractivity contribution in [2.45, 2.75) is 70.6 Å². The van der Waals surface area contributed by atoms with E-state index in [1.807, 2.05) is 19.9 Å². The number of carbonyl (C=O) groups excluding carboxylic acids is 3. The van der Waals surface area contributed by atoms with Crippen molar-refractivity contribution in [3.8, 4) is 6.07 Å². The first-order valence-electron chi connectivity index (χ1n) is 13.5. The van der Waals surface area contributed by atoms with E-state index in [0.29, 0.717) is 0 Å². The van der Waals surface area contributed by atoms with E-state index in [2.05, 4.69) is 15.7 Å². The number of anilines is 1. The second-order valence-corrected chi connectivity index (χ2v) is 11.0. The predicted molar refractivity (Wildman–Crippen MR) is 140 cm³/mol. The molecule has 3 amide bonds. The molecule has 2 atom stereocenters. The zero-order valence-corrected chi connectivity index (χ0v) is 22.9. The van der Waals surface area contributed by atoms with Crippen LogP contribution in [0.4, 0.5) is 23.2 Å². The molecule has 1 aromatic carbocycles. The minimum atomic E-state index is -4.63. The van der Waals surface area contributed by atoms with Gasteiger partial charge in [-0.25, -0.2) is 4.39 Å². The van der Waals surface area contributed by atoms with Gasteiger partial charge in [0.2, 0.25) is 11.8 Å². The number of carbonyl (C=O) groups is 3. The lowest BCUT2D eigenvalue weighted by atomic mass is 9.88. The van der Waals surface area contributed by atoms with Gasteiger partial charge in [-0.2, -0.15) is 23.5 Å². The molecular formula is C28H32F4N6O3. The molecule has 3 N–H and O–H groups in total. The third kappa shape index (κ3) is 7.23. The molecule has 0 saturated heterocycles. The van der Waals surface area contributed by atoms with Crippen molar-refractivity contribution in [3.63, 3.8) is 0 Å². The lowest BCUT2D eigenvalue weighted by molar-refractivity contribution is -0.139. The Labute approximate surface area is 234 Å². The molecule has 2 fully saturated rings. The van der Waals surface area contributed by atoms with Gasteiger partial charge < -0.3 is 16.0 Å². The molecule has 1 heterocycles. The standard InChI is InChI=1S/C28H32F4N6O3/c1-14(2)38-22(8-9-35-38)26(40)37-24(23(16-4-5-16)17-6-7-17)27(41)36-21-10-18(12-33)19(11-20(21)29)15(3)25(39)34-13-28(30,31)32/h8-11,14-17,23-24H,4-7,13H2,1-3H3,(H,34,39)(H,36,41)(H,37,40)/t15?,24-/m0/s1.